The van der Waals surface area contributed by atoms with Crippen molar-refractivity contribution in [2.24, 2.45) is 5.41 Å². The number of amides is 2. The van der Waals surface area contributed by atoms with Crippen LogP contribution < -0.4 is 10.6 Å². The van der Waals surface area contributed by atoms with Gasteiger partial charge < -0.3 is 10.6 Å². The summed E-state index contributed by atoms with van der Waals surface area (Å²) >= 11 is 6.09. The lowest BCUT2D eigenvalue weighted by molar-refractivity contribution is 0.210. The largest absolute Gasteiger partial charge is 0.338 e. The average Bonchev–Trinajstić information content (AvgIpc) is 2.27. The smallest absolute Gasteiger partial charge is 0.315 e. The molecular formula is C17H27ClN2O. The SMILES string of the molecule is CC(C)(C)CC(C)(C)NC(=O)NCCc1ccccc1Cl. The molecule has 21 heavy (non-hydrogen) atoms. The number of urea groups is 1. The molecule has 2 N–H and O–H groups in total. The Morgan fingerprint density at radius 3 is 2.33 bits per heavy atom. The first-order chi connectivity index (χ1) is 9.59. The highest BCUT2D eigenvalue weighted by molar-refractivity contribution is 6.31. The maximum absolute atomic E-state index is 12.0. The number of hydrogen-bond acceptors (Lipinski definition) is 1. The second kappa shape index (κ2) is 7.17. The number of hydrogen-bond donors (Lipinski definition) is 2. The van der Waals surface area contributed by atoms with E-state index in [0.717, 1.165) is 23.4 Å². The molecule has 0 bridgehead atoms. The summed E-state index contributed by atoms with van der Waals surface area (Å²) in [7, 11) is 0. The van der Waals surface area contributed by atoms with E-state index < -0.39 is 0 Å². The second-order valence-corrected chi connectivity index (χ2v) is 7.75. The van der Waals surface area contributed by atoms with Gasteiger partial charge in [-0.05, 0) is 43.7 Å². The van der Waals surface area contributed by atoms with Crippen molar-refractivity contribution < 1.29 is 4.79 Å². The Balaban J connectivity index is 2.39. The van der Waals surface area contributed by atoms with Crippen LogP contribution in [-0.2, 0) is 6.42 Å². The molecule has 0 atom stereocenters. The summed E-state index contributed by atoms with van der Waals surface area (Å²) in [6, 6.07) is 7.57. The summed E-state index contributed by atoms with van der Waals surface area (Å²) in [6.45, 7) is 11.2. The standard InChI is InChI=1S/C17H27ClN2O/c1-16(2,3)12-17(4,5)20-15(21)19-11-10-13-8-6-7-9-14(13)18/h6-9H,10-12H2,1-5H3,(H2,19,20,21). The van der Waals surface area contributed by atoms with Gasteiger partial charge in [0, 0.05) is 17.1 Å². The van der Waals surface area contributed by atoms with E-state index in [4.69, 9.17) is 11.6 Å². The van der Waals surface area contributed by atoms with E-state index in [1.807, 2.05) is 38.1 Å². The highest BCUT2D eigenvalue weighted by atomic mass is 35.5. The molecule has 0 unspecified atom stereocenters. The van der Waals surface area contributed by atoms with Crippen LogP contribution in [0.3, 0.4) is 0 Å². The maximum Gasteiger partial charge on any atom is 0.315 e. The third-order valence-corrected chi connectivity index (χ3v) is 3.43. The molecule has 0 heterocycles. The summed E-state index contributed by atoms with van der Waals surface area (Å²) in [4.78, 5) is 12.0. The lowest BCUT2D eigenvalue weighted by Crippen LogP contribution is -2.50. The predicted molar refractivity (Wildman–Crippen MR) is 89.8 cm³/mol. The van der Waals surface area contributed by atoms with Crippen LogP contribution in [0, 0.1) is 5.41 Å². The van der Waals surface area contributed by atoms with Crippen molar-refractivity contribution in [1.82, 2.24) is 10.6 Å². The summed E-state index contributed by atoms with van der Waals surface area (Å²) in [5.74, 6) is 0. The molecule has 0 aliphatic heterocycles. The summed E-state index contributed by atoms with van der Waals surface area (Å²) in [5.41, 5.74) is 0.995. The van der Waals surface area contributed by atoms with Crippen molar-refractivity contribution in [2.75, 3.05) is 6.54 Å². The van der Waals surface area contributed by atoms with Gasteiger partial charge in [-0.2, -0.15) is 0 Å². The minimum atomic E-state index is -0.229. The van der Waals surface area contributed by atoms with Gasteiger partial charge in [0.15, 0.2) is 0 Å². The van der Waals surface area contributed by atoms with Gasteiger partial charge in [0.25, 0.3) is 0 Å². The zero-order chi connectivity index (χ0) is 16.1. The van der Waals surface area contributed by atoms with Gasteiger partial charge in [-0.3, -0.25) is 0 Å². The van der Waals surface area contributed by atoms with Crippen molar-refractivity contribution in [3.63, 3.8) is 0 Å². The molecule has 0 radical (unpaired) electrons. The molecule has 1 rings (SSSR count). The number of carbonyl (C=O) groups is 1. The van der Waals surface area contributed by atoms with Gasteiger partial charge in [-0.25, -0.2) is 4.79 Å². The molecule has 0 aliphatic carbocycles. The van der Waals surface area contributed by atoms with Crippen molar-refractivity contribution in [3.05, 3.63) is 34.9 Å². The molecular weight excluding hydrogens is 284 g/mol. The molecule has 0 spiro atoms. The zero-order valence-electron chi connectivity index (χ0n) is 13.7. The first kappa shape index (κ1) is 17.8. The van der Waals surface area contributed by atoms with E-state index in [9.17, 15) is 4.79 Å². The highest BCUT2D eigenvalue weighted by Gasteiger charge is 2.26. The van der Waals surface area contributed by atoms with Gasteiger partial charge >= 0.3 is 6.03 Å². The third kappa shape index (κ3) is 7.37. The van der Waals surface area contributed by atoms with Crippen LogP contribution in [0.2, 0.25) is 5.02 Å². The van der Waals surface area contributed by atoms with Crippen LogP contribution in [0.4, 0.5) is 4.79 Å². The summed E-state index contributed by atoms with van der Waals surface area (Å²) in [6.07, 6.45) is 1.64. The van der Waals surface area contributed by atoms with Crippen LogP contribution >= 0.6 is 11.6 Å². The molecule has 2 amide bonds. The molecule has 0 saturated heterocycles. The van der Waals surface area contributed by atoms with Crippen LogP contribution in [0.5, 0.6) is 0 Å². The Morgan fingerprint density at radius 2 is 1.76 bits per heavy atom. The van der Waals surface area contributed by atoms with Crippen LogP contribution in [0.1, 0.15) is 46.6 Å². The summed E-state index contributed by atoms with van der Waals surface area (Å²) in [5, 5.41) is 6.67. The molecule has 118 valence electrons. The average molecular weight is 311 g/mol. The Bertz CT molecular complexity index is 478. The predicted octanol–water partition coefficient (Wildman–Crippen LogP) is 4.40. The number of rotatable bonds is 5. The molecule has 4 heteroatoms. The van der Waals surface area contributed by atoms with Crippen LogP contribution in [-0.4, -0.2) is 18.1 Å². The van der Waals surface area contributed by atoms with E-state index in [2.05, 4.69) is 31.4 Å². The van der Waals surface area contributed by atoms with Crippen LogP contribution in [0.25, 0.3) is 0 Å². The minimum Gasteiger partial charge on any atom is -0.338 e. The van der Waals surface area contributed by atoms with E-state index in [1.54, 1.807) is 0 Å². The number of benzene rings is 1. The zero-order valence-corrected chi connectivity index (χ0v) is 14.5. The number of halogens is 1. The fraction of sp³-hybridized carbons (Fsp3) is 0.588. The fourth-order valence-corrected chi connectivity index (χ4v) is 2.96. The van der Waals surface area contributed by atoms with Crippen molar-refractivity contribution >= 4 is 17.6 Å². The van der Waals surface area contributed by atoms with Gasteiger partial charge in [-0.1, -0.05) is 50.6 Å². The first-order valence-corrected chi connectivity index (χ1v) is 7.76. The van der Waals surface area contributed by atoms with Crippen LogP contribution in [0.15, 0.2) is 24.3 Å². The first-order valence-electron chi connectivity index (χ1n) is 7.38. The Labute approximate surface area is 133 Å². The summed E-state index contributed by atoms with van der Waals surface area (Å²) < 4.78 is 0. The molecule has 1 aromatic rings. The van der Waals surface area contributed by atoms with Gasteiger partial charge in [-0.15, -0.1) is 0 Å². The van der Waals surface area contributed by atoms with E-state index in [0.29, 0.717) is 6.54 Å². The van der Waals surface area contributed by atoms with Gasteiger partial charge in [0.05, 0.1) is 0 Å². The van der Waals surface area contributed by atoms with Crippen molar-refractivity contribution in [1.29, 1.82) is 0 Å². The minimum absolute atomic E-state index is 0.128. The second-order valence-electron chi connectivity index (χ2n) is 7.34. The van der Waals surface area contributed by atoms with Gasteiger partial charge in [0.2, 0.25) is 0 Å². The lowest BCUT2D eigenvalue weighted by Gasteiger charge is -2.33. The third-order valence-electron chi connectivity index (χ3n) is 3.06. The number of carbonyl (C=O) groups excluding carboxylic acids is 1. The Kier molecular flexibility index (Phi) is 6.09. The number of nitrogens with one attached hydrogen (secondary N) is 2. The Morgan fingerprint density at radius 1 is 1.14 bits per heavy atom. The van der Waals surface area contributed by atoms with Crippen molar-refractivity contribution in [3.8, 4) is 0 Å². The normalized spacial score (nSPS) is 12.1. The molecule has 0 fully saturated rings. The lowest BCUT2D eigenvalue weighted by atomic mass is 9.82. The Hall–Kier alpha value is -1.22. The van der Waals surface area contributed by atoms with E-state index >= 15 is 0 Å². The topological polar surface area (TPSA) is 41.1 Å². The molecule has 0 saturated carbocycles. The molecule has 3 nitrogen and oxygen atoms in total. The highest BCUT2D eigenvalue weighted by Crippen LogP contribution is 2.26. The quantitative estimate of drug-likeness (QED) is 0.831. The maximum atomic E-state index is 12.0. The molecule has 0 aromatic heterocycles. The van der Waals surface area contributed by atoms with E-state index in [-0.39, 0.29) is 17.0 Å². The van der Waals surface area contributed by atoms with Gasteiger partial charge in [0.1, 0.15) is 0 Å². The molecule has 1 aromatic carbocycles. The van der Waals surface area contributed by atoms with E-state index in [1.165, 1.54) is 0 Å². The fourth-order valence-electron chi connectivity index (χ4n) is 2.73. The van der Waals surface area contributed by atoms with Crippen molar-refractivity contribution in [2.45, 2.75) is 53.0 Å². The molecule has 0 aliphatic rings. The monoisotopic (exact) mass is 310 g/mol.